The van der Waals surface area contributed by atoms with Crippen LogP contribution in [0.1, 0.15) is 66.6 Å². The molecule has 2 fully saturated rings. The number of rotatable bonds is 5. The topological polar surface area (TPSA) is 43.9 Å². The molecule has 2 aliphatic heterocycles. The van der Waals surface area contributed by atoms with E-state index < -0.39 is 19.5 Å². The normalized spacial score (nSPS) is 20.9. The molecule has 0 saturated carbocycles. The van der Waals surface area contributed by atoms with Crippen LogP contribution in [0.25, 0.3) is 0 Å². The largest absolute Gasteiger partial charge is 0.416 e. The van der Waals surface area contributed by atoms with E-state index in [1.807, 2.05) is 36.1 Å². The highest BCUT2D eigenvalue weighted by atomic mass is 127. The monoisotopic (exact) mass is 757 g/mol. The predicted octanol–water partition coefficient (Wildman–Crippen LogP) is 7.38. The number of benzene rings is 2. The Balaban J connectivity index is 1.71. The van der Waals surface area contributed by atoms with Gasteiger partial charge in [0.2, 0.25) is 7.59 Å². The highest BCUT2D eigenvalue weighted by Crippen LogP contribution is 2.45. The van der Waals surface area contributed by atoms with Gasteiger partial charge < -0.3 is 14.7 Å². The Hall–Kier alpha value is -1.64. The number of nitrogens with zero attached hydrogens (tertiary/aromatic N) is 3. The summed E-state index contributed by atoms with van der Waals surface area (Å²) in [5.41, 5.74) is 1.18. The van der Waals surface area contributed by atoms with Crippen molar-refractivity contribution in [1.82, 2.24) is 14.7 Å². The van der Waals surface area contributed by atoms with Crippen molar-refractivity contribution in [2.24, 2.45) is 0 Å². The third-order valence-electron chi connectivity index (χ3n) is 7.63. The van der Waals surface area contributed by atoms with Gasteiger partial charge in [0.25, 0.3) is 0 Å². The number of piperazine rings is 1. The first kappa shape index (κ1) is 29.3. The molecule has 0 aliphatic carbocycles. The van der Waals surface area contributed by atoms with Crippen LogP contribution >= 0.6 is 45.2 Å². The summed E-state index contributed by atoms with van der Waals surface area (Å²) >= 11 is 2.91. The second kappa shape index (κ2) is 11.1. The standard InChI is InChI=1S/C27H29F4I2N3O2/c1-4-17-7-5-6-8-21(17)24-22-9-10-23(37)35(22)11-12-36(24)25(38)34(3)16(2)18-13-19(26(28,29)30)15-20(14-18)27(31,32)33/h5-8,13-16,22,24H,4,9-12H2,1-3H3/t16-,22+,24?/m1/s1. The number of urea groups is 1. The maximum absolute atomic E-state index is 14.7. The van der Waals surface area contributed by atoms with Crippen LogP contribution in [0, 0.1) is 0 Å². The van der Waals surface area contributed by atoms with Crippen LogP contribution < -0.4 is 0 Å². The fraction of sp³-hybridized carbons (Fsp3) is 0.481. The zero-order valence-electron chi connectivity index (χ0n) is 21.2. The average Bonchev–Trinajstić information content (AvgIpc) is 3.26. The summed E-state index contributed by atoms with van der Waals surface area (Å²) in [6.45, 7) is 4.39. The lowest BCUT2D eigenvalue weighted by molar-refractivity contribution is -0.137. The van der Waals surface area contributed by atoms with E-state index in [9.17, 15) is 27.2 Å². The maximum Gasteiger partial charge on any atom is 0.416 e. The molecule has 4 rings (SSSR count). The highest BCUT2D eigenvalue weighted by Gasteiger charge is 2.46. The molecule has 0 bridgehead atoms. The summed E-state index contributed by atoms with van der Waals surface area (Å²) in [7, 11) is 1.55. The Labute approximate surface area is 247 Å². The molecule has 1 unspecified atom stereocenters. The van der Waals surface area contributed by atoms with Crippen LogP contribution in [0.15, 0.2) is 42.5 Å². The lowest BCUT2D eigenvalue weighted by atomic mass is 9.89. The summed E-state index contributed by atoms with van der Waals surface area (Å²) in [6, 6.07) is 9.40. The minimum Gasteiger partial charge on any atom is -0.335 e. The van der Waals surface area contributed by atoms with Crippen LogP contribution in [0.5, 0.6) is 0 Å². The van der Waals surface area contributed by atoms with E-state index in [2.05, 4.69) is 0 Å². The van der Waals surface area contributed by atoms with Gasteiger partial charge in [0.05, 0.1) is 23.7 Å². The molecule has 2 aromatic rings. The molecule has 11 heteroatoms. The number of halogens is 6. The van der Waals surface area contributed by atoms with Crippen LogP contribution in [0.2, 0.25) is 0 Å². The lowest BCUT2D eigenvalue weighted by Crippen LogP contribution is -2.57. The molecule has 2 heterocycles. The summed E-state index contributed by atoms with van der Waals surface area (Å²) in [4.78, 5) is 31.5. The van der Waals surface area contributed by atoms with Crippen molar-refractivity contribution < 1.29 is 27.2 Å². The van der Waals surface area contributed by atoms with Gasteiger partial charge in [-0.05, 0) is 99.8 Å². The van der Waals surface area contributed by atoms with E-state index in [1.165, 1.54) is 56.1 Å². The molecule has 0 radical (unpaired) electrons. The molecule has 2 saturated heterocycles. The number of carbonyl (C=O) groups is 2. The molecular weight excluding hydrogens is 728 g/mol. The number of amides is 3. The van der Waals surface area contributed by atoms with E-state index in [0.29, 0.717) is 25.9 Å². The minimum atomic E-state index is -4.66. The number of hydrogen-bond acceptors (Lipinski definition) is 2. The zero-order valence-corrected chi connectivity index (χ0v) is 25.5. The molecule has 0 spiro atoms. The number of hydrogen-bond donors (Lipinski definition) is 0. The highest BCUT2D eigenvalue weighted by molar-refractivity contribution is 14.2. The van der Waals surface area contributed by atoms with Crippen LogP contribution in [0.4, 0.5) is 22.4 Å². The second-order valence-electron chi connectivity index (χ2n) is 9.79. The van der Waals surface area contributed by atoms with Crippen LogP contribution in [-0.2, 0) is 19.1 Å². The van der Waals surface area contributed by atoms with Gasteiger partial charge in [-0.25, -0.2) is 9.18 Å². The molecule has 2 aromatic carbocycles. The van der Waals surface area contributed by atoms with Gasteiger partial charge in [0.15, 0.2) is 0 Å². The molecule has 0 aromatic heterocycles. The number of alkyl halides is 6. The van der Waals surface area contributed by atoms with E-state index in [0.717, 1.165) is 29.7 Å². The van der Waals surface area contributed by atoms with Gasteiger partial charge in [-0.3, -0.25) is 4.79 Å². The molecule has 38 heavy (non-hydrogen) atoms. The fourth-order valence-corrected chi connectivity index (χ4v) is 6.11. The first-order valence-electron chi connectivity index (χ1n) is 12.4. The van der Waals surface area contributed by atoms with Crippen LogP contribution in [0.3, 0.4) is 0 Å². The lowest BCUT2D eigenvalue weighted by Gasteiger charge is -2.47. The van der Waals surface area contributed by atoms with E-state index in [4.69, 9.17) is 0 Å². The maximum atomic E-state index is 14.7. The van der Waals surface area contributed by atoms with E-state index in [-0.39, 0.29) is 35.1 Å². The molecule has 5 nitrogen and oxygen atoms in total. The molecule has 3 atom stereocenters. The van der Waals surface area contributed by atoms with Gasteiger partial charge in [-0.15, -0.1) is 0 Å². The fourth-order valence-electron chi connectivity index (χ4n) is 5.48. The second-order valence-corrected chi connectivity index (χ2v) is 14.8. The number of carbonyl (C=O) groups excluding carboxylic acids is 2. The smallest absolute Gasteiger partial charge is 0.335 e. The molecule has 3 amide bonds. The van der Waals surface area contributed by atoms with Crippen molar-refractivity contribution in [2.45, 2.75) is 59.1 Å². The Morgan fingerprint density at radius 1 is 1.11 bits per heavy atom. The predicted molar refractivity (Wildman–Crippen MR) is 154 cm³/mol. The van der Waals surface area contributed by atoms with Crippen molar-refractivity contribution in [2.75, 3.05) is 20.1 Å². The van der Waals surface area contributed by atoms with Gasteiger partial charge in [-0.1, -0.05) is 31.2 Å². The minimum absolute atomic E-state index is 0.0756. The Kier molecular flexibility index (Phi) is 8.56. The van der Waals surface area contributed by atoms with Gasteiger partial charge in [0.1, 0.15) is 0 Å². The van der Waals surface area contributed by atoms with E-state index in [1.54, 1.807) is 18.9 Å². The quantitative estimate of drug-likeness (QED) is 0.182. The summed E-state index contributed by atoms with van der Waals surface area (Å²) in [5, 5.41) is 0. The SMILES string of the molecule is CCc1ccccc1C1[C@@H]2CCC(=O)N2CCN1C(=O)N(C)[C@H](C)c1cc(C(F)(F)F)cc(C(F)(I)I)c1. The third kappa shape index (κ3) is 5.78. The zero-order chi connectivity index (χ0) is 28.0. The van der Waals surface area contributed by atoms with Crippen molar-refractivity contribution in [3.8, 4) is 0 Å². The van der Waals surface area contributed by atoms with Crippen LogP contribution in [-0.4, -0.2) is 52.8 Å². The number of aryl methyl sites for hydroxylation is 1. The van der Waals surface area contributed by atoms with Gasteiger partial charge in [0, 0.05) is 32.1 Å². The van der Waals surface area contributed by atoms with Crippen molar-refractivity contribution >= 4 is 57.1 Å². The van der Waals surface area contributed by atoms with Crippen molar-refractivity contribution in [1.29, 1.82) is 0 Å². The Morgan fingerprint density at radius 2 is 1.76 bits per heavy atom. The van der Waals surface area contributed by atoms with Crippen molar-refractivity contribution in [3.63, 3.8) is 0 Å². The molecule has 0 N–H and O–H groups in total. The number of fused-ring (bicyclic) bond motifs is 1. The summed E-state index contributed by atoms with van der Waals surface area (Å²) in [6.07, 6.45) is -2.85. The molecule has 2 aliphatic rings. The Bertz CT molecular complexity index is 1190. The first-order valence-corrected chi connectivity index (χ1v) is 14.6. The van der Waals surface area contributed by atoms with Gasteiger partial charge >= 0.3 is 12.2 Å². The van der Waals surface area contributed by atoms with E-state index >= 15 is 0 Å². The van der Waals surface area contributed by atoms with Gasteiger partial charge in [-0.2, -0.15) is 13.2 Å². The average molecular weight is 757 g/mol. The molecule has 206 valence electrons. The van der Waals surface area contributed by atoms with Crippen molar-refractivity contribution in [3.05, 3.63) is 70.3 Å². The Morgan fingerprint density at radius 3 is 2.39 bits per heavy atom. The summed E-state index contributed by atoms with van der Waals surface area (Å²) in [5.74, 6) is 0.0756. The molecular formula is C27H29F4I2N3O2. The summed E-state index contributed by atoms with van der Waals surface area (Å²) < 4.78 is 53.7. The first-order chi connectivity index (χ1) is 17.7. The third-order valence-corrected chi connectivity index (χ3v) is 8.88.